The molecule has 140 valence electrons. The van der Waals surface area contributed by atoms with Gasteiger partial charge in [0, 0.05) is 22.2 Å². The number of thioether (sulfide) groups is 1. The normalized spacial score (nSPS) is 15.7. The molecule has 0 N–H and O–H groups in total. The Morgan fingerprint density at radius 3 is 2.52 bits per heavy atom. The predicted octanol–water partition coefficient (Wildman–Crippen LogP) is 6.02. The van der Waals surface area contributed by atoms with Crippen molar-refractivity contribution in [2.24, 2.45) is 0 Å². The lowest BCUT2D eigenvalue weighted by molar-refractivity contribution is -0.122. The van der Waals surface area contributed by atoms with E-state index in [9.17, 15) is 9.59 Å². The minimum Gasteiger partial charge on any atom is -0.489 e. The van der Waals surface area contributed by atoms with Gasteiger partial charge in [-0.15, -0.1) is 0 Å². The highest BCUT2D eigenvalue weighted by Crippen LogP contribution is 2.32. The van der Waals surface area contributed by atoms with Crippen molar-refractivity contribution in [3.8, 4) is 5.75 Å². The Labute approximate surface area is 172 Å². The Balaban J connectivity index is 1.65. The number of nitrogens with zero attached hydrogens (tertiary/aromatic N) is 1. The van der Waals surface area contributed by atoms with Gasteiger partial charge in [-0.25, -0.2) is 0 Å². The minimum absolute atomic E-state index is 0.215. The maximum atomic E-state index is 12.3. The highest BCUT2D eigenvalue weighted by Gasteiger charge is 2.34. The Morgan fingerprint density at radius 2 is 1.85 bits per heavy atom. The zero-order valence-corrected chi connectivity index (χ0v) is 16.9. The monoisotopic (exact) mass is 421 g/mol. The van der Waals surface area contributed by atoms with Crippen molar-refractivity contribution in [1.29, 1.82) is 0 Å². The quantitative estimate of drug-likeness (QED) is 0.534. The molecule has 1 saturated heterocycles. The summed E-state index contributed by atoms with van der Waals surface area (Å²) >= 11 is 13.0. The van der Waals surface area contributed by atoms with Crippen LogP contribution in [0.3, 0.4) is 0 Å². The van der Waals surface area contributed by atoms with E-state index in [-0.39, 0.29) is 11.1 Å². The number of carbonyl (C=O) groups is 2. The lowest BCUT2D eigenvalue weighted by atomic mass is 10.2. The SMILES string of the molecule is CCCN1C(=O)S/C(=C/c2ccc(OCc3ccc(Cl)cc3Cl)cc2)C1=O. The molecule has 4 nitrogen and oxygen atoms in total. The summed E-state index contributed by atoms with van der Waals surface area (Å²) in [6, 6.07) is 12.6. The molecular weight excluding hydrogens is 405 g/mol. The van der Waals surface area contributed by atoms with Crippen LogP contribution < -0.4 is 4.74 Å². The lowest BCUT2D eigenvalue weighted by Gasteiger charge is -2.09. The predicted molar refractivity (Wildman–Crippen MR) is 110 cm³/mol. The molecule has 7 heteroatoms. The summed E-state index contributed by atoms with van der Waals surface area (Å²) in [5, 5.41) is 0.922. The van der Waals surface area contributed by atoms with E-state index in [1.54, 1.807) is 18.2 Å². The first kappa shape index (κ1) is 19.8. The first-order valence-corrected chi connectivity index (χ1v) is 9.97. The molecule has 0 unspecified atom stereocenters. The summed E-state index contributed by atoms with van der Waals surface area (Å²) in [5.74, 6) is 0.446. The van der Waals surface area contributed by atoms with E-state index >= 15 is 0 Å². The zero-order chi connectivity index (χ0) is 19.4. The molecule has 0 saturated carbocycles. The maximum Gasteiger partial charge on any atom is 0.293 e. The number of hydrogen-bond acceptors (Lipinski definition) is 4. The van der Waals surface area contributed by atoms with Crippen LogP contribution in [0.15, 0.2) is 47.4 Å². The van der Waals surface area contributed by atoms with E-state index < -0.39 is 0 Å². The second kappa shape index (κ2) is 8.83. The molecule has 27 heavy (non-hydrogen) atoms. The summed E-state index contributed by atoms with van der Waals surface area (Å²) in [5.41, 5.74) is 1.67. The third-order valence-electron chi connectivity index (χ3n) is 3.91. The fraction of sp³-hybridized carbons (Fsp3) is 0.200. The van der Waals surface area contributed by atoms with Crippen LogP contribution in [0.4, 0.5) is 4.79 Å². The van der Waals surface area contributed by atoms with Crippen LogP contribution in [0.1, 0.15) is 24.5 Å². The van der Waals surface area contributed by atoms with Crippen molar-refractivity contribution < 1.29 is 14.3 Å². The van der Waals surface area contributed by atoms with Gasteiger partial charge in [0.2, 0.25) is 0 Å². The fourth-order valence-corrected chi connectivity index (χ4v) is 3.86. The Morgan fingerprint density at radius 1 is 1.11 bits per heavy atom. The van der Waals surface area contributed by atoms with Crippen LogP contribution in [0, 0.1) is 0 Å². The number of imide groups is 1. The van der Waals surface area contributed by atoms with E-state index in [0.29, 0.717) is 33.9 Å². The van der Waals surface area contributed by atoms with Crippen LogP contribution in [-0.4, -0.2) is 22.6 Å². The van der Waals surface area contributed by atoms with Crippen molar-refractivity contribution in [2.75, 3.05) is 6.54 Å². The molecule has 0 atom stereocenters. The molecule has 0 aliphatic carbocycles. The summed E-state index contributed by atoms with van der Waals surface area (Å²) in [6.45, 7) is 2.70. The molecule has 2 aromatic carbocycles. The molecule has 2 aromatic rings. The standard InChI is InChI=1S/C20H17Cl2NO3S/c1-2-9-23-19(24)18(27-20(23)25)10-13-3-7-16(8-4-13)26-12-14-5-6-15(21)11-17(14)22/h3-8,10-11H,2,9,12H2,1H3/b18-10+. The molecule has 0 aromatic heterocycles. The molecule has 1 aliphatic heterocycles. The number of rotatable bonds is 6. The fourth-order valence-electron chi connectivity index (χ4n) is 2.53. The summed E-state index contributed by atoms with van der Waals surface area (Å²) in [7, 11) is 0. The van der Waals surface area contributed by atoms with Crippen molar-refractivity contribution >= 4 is 52.2 Å². The van der Waals surface area contributed by atoms with E-state index in [1.807, 2.05) is 37.3 Å². The van der Waals surface area contributed by atoms with Crippen LogP contribution in [-0.2, 0) is 11.4 Å². The number of hydrogen-bond donors (Lipinski definition) is 0. The van der Waals surface area contributed by atoms with Gasteiger partial charge in [-0.05, 0) is 54.1 Å². The van der Waals surface area contributed by atoms with Gasteiger partial charge in [-0.2, -0.15) is 0 Å². The van der Waals surface area contributed by atoms with E-state index in [2.05, 4.69) is 0 Å². The molecule has 1 aliphatic rings. The first-order valence-electron chi connectivity index (χ1n) is 8.40. The Kier molecular flexibility index (Phi) is 6.47. The number of benzene rings is 2. The third kappa shape index (κ3) is 4.86. The lowest BCUT2D eigenvalue weighted by Crippen LogP contribution is -2.28. The molecule has 2 amide bonds. The van der Waals surface area contributed by atoms with Gasteiger partial charge in [0.25, 0.3) is 11.1 Å². The third-order valence-corrected chi connectivity index (χ3v) is 5.40. The Bertz CT molecular complexity index is 897. The minimum atomic E-state index is -0.232. The zero-order valence-electron chi connectivity index (χ0n) is 14.6. The number of amides is 2. The molecule has 0 bridgehead atoms. The molecular formula is C20H17Cl2NO3S. The first-order chi connectivity index (χ1) is 13.0. The van der Waals surface area contributed by atoms with Crippen molar-refractivity contribution in [3.63, 3.8) is 0 Å². The molecule has 0 spiro atoms. The van der Waals surface area contributed by atoms with Crippen molar-refractivity contribution in [3.05, 3.63) is 68.5 Å². The van der Waals surface area contributed by atoms with Gasteiger partial charge in [-0.1, -0.05) is 48.3 Å². The Hall–Kier alpha value is -1.95. The molecule has 0 radical (unpaired) electrons. The summed E-state index contributed by atoms with van der Waals surface area (Å²) in [4.78, 5) is 25.9. The summed E-state index contributed by atoms with van der Waals surface area (Å²) in [6.07, 6.45) is 2.47. The topological polar surface area (TPSA) is 46.6 Å². The second-order valence-electron chi connectivity index (χ2n) is 5.93. The van der Waals surface area contributed by atoms with Gasteiger partial charge < -0.3 is 4.74 Å². The van der Waals surface area contributed by atoms with Crippen molar-refractivity contribution in [1.82, 2.24) is 4.90 Å². The number of carbonyl (C=O) groups excluding carboxylic acids is 2. The maximum absolute atomic E-state index is 12.3. The van der Waals surface area contributed by atoms with Gasteiger partial charge >= 0.3 is 0 Å². The average Bonchev–Trinajstić information content (AvgIpc) is 2.90. The van der Waals surface area contributed by atoms with E-state index in [1.165, 1.54) is 4.90 Å². The molecule has 1 fully saturated rings. The van der Waals surface area contributed by atoms with Gasteiger partial charge in [-0.3, -0.25) is 14.5 Å². The van der Waals surface area contributed by atoms with Gasteiger partial charge in [0.1, 0.15) is 12.4 Å². The highest BCUT2D eigenvalue weighted by molar-refractivity contribution is 8.18. The number of ether oxygens (including phenoxy) is 1. The van der Waals surface area contributed by atoms with Crippen LogP contribution in [0.25, 0.3) is 6.08 Å². The number of halogens is 2. The van der Waals surface area contributed by atoms with Crippen LogP contribution >= 0.6 is 35.0 Å². The average molecular weight is 422 g/mol. The van der Waals surface area contributed by atoms with E-state index in [0.717, 1.165) is 29.3 Å². The van der Waals surface area contributed by atoms with Crippen molar-refractivity contribution in [2.45, 2.75) is 20.0 Å². The molecule has 1 heterocycles. The summed E-state index contributed by atoms with van der Waals surface area (Å²) < 4.78 is 5.74. The smallest absolute Gasteiger partial charge is 0.293 e. The highest BCUT2D eigenvalue weighted by atomic mass is 35.5. The molecule has 3 rings (SSSR count). The second-order valence-corrected chi connectivity index (χ2v) is 7.76. The van der Waals surface area contributed by atoms with Gasteiger partial charge in [0.15, 0.2) is 0 Å². The van der Waals surface area contributed by atoms with Crippen LogP contribution in [0.5, 0.6) is 5.75 Å². The largest absolute Gasteiger partial charge is 0.489 e. The van der Waals surface area contributed by atoms with Crippen LogP contribution in [0.2, 0.25) is 10.0 Å². The van der Waals surface area contributed by atoms with Gasteiger partial charge in [0.05, 0.1) is 4.91 Å². The van der Waals surface area contributed by atoms with E-state index in [4.69, 9.17) is 27.9 Å².